The lowest BCUT2D eigenvalue weighted by atomic mass is 10.0. The summed E-state index contributed by atoms with van der Waals surface area (Å²) >= 11 is 1.11. The summed E-state index contributed by atoms with van der Waals surface area (Å²) in [6.45, 7) is 0. The van der Waals surface area contributed by atoms with Crippen LogP contribution in [0.2, 0.25) is 0 Å². The molecule has 264 valence electrons. The molecule has 0 bridgehead atoms. The number of carbonyl (C=O) groups excluding carboxylic acids is 3. The number of carbonyl (C=O) groups is 3. The zero-order valence-electron chi connectivity index (χ0n) is 28.0. The summed E-state index contributed by atoms with van der Waals surface area (Å²) in [7, 11) is 0. The van der Waals surface area contributed by atoms with Crippen LogP contribution in [-0.2, 0) is 15.8 Å². The second-order valence-electron chi connectivity index (χ2n) is 11.8. The number of hydrogen-bond donors (Lipinski definition) is 3. The first-order valence-electron chi connectivity index (χ1n) is 16.5. The normalized spacial score (nSPS) is 12.0. The first-order valence-corrected chi connectivity index (χ1v) is 17.4. The minimum Gasteiger partial charge on any atom is -0.324 e. The molecule has 1 unspecified atom stereocenters. The van der Waals surface area contributed by atoms with Crippen molar-refractivity contribution in [3.8, 4) is 11.1 Å². The molecule has 0 aliphatic rings. The van der Waals surface area contributed by atoms with E-state index in [1.165, 1.54) is 18.2 Å². The predicted molar refractivity (Wildman–Crippen MR) is 204 cm³/mol. The van der Waals surface area contributed by atoms with E-state index in [-0.39, 0.29) is 11.4 Å². The minimum atomic E-state index is -4.66. The number of benzene rings is 6. The molecule has 0 heterocycles. The topological polar surface area (TPSA) is 87.3 Å². The van der Waals surface area contributed by atoms with E-state index in [9.17, 15) is 27.6 Å². The Morgan fingerprint density at radius 2 is 1.23 bits per heavy atom. The lowest BCUT2D eigenvalue weighted by molar-refractivity contribution is -0.137. The molecule has 6 aromatic rings. The van der Waals surface area contributed by atoms with Crippen molar-refractivity contribution < 1.29 is 27.6 Å². The van der Waals surface area contributed by atoms with Crippen molar-refractivity contribution in [1.29, 1.82) is 0 Å². The van der Waals surface area contributed by atoms with Crippen molar-refractivity contribution in [3.05, 3.63) is 192 Å². The average Bonchev–Trinajstić information content (AvgIpc) is 3.18. The molecule has 6 aromatic carbocycles. The fourth-order valence-electron chi connectivity index (χ4n) is 5.43. The predicted octanol–water partition coefficient (Wildman–Crippen LogP) is 10.3. The molecule has 0 spiro atoms. The van der Waals surface area contributed by atoms with Gasteiger partial charge in [0, 0.05) is 16.1 Å². The molecule has 53 heavy (non-hydrogen) atoms. The molecule has 1 atom stereocenters. The van der Waals surface area contributed by atoms with Gasteiger partial charge in [0.2, 0.25) is 5.91 Å². The smallest absolute Gasteiger partial charge is 0.324 e. The SMILES string of the molecule is O=C(Nc1cccc(SC(C(=O)Nc2ccccc2C(F)(F)F)c2ccccc2)c1)/C(=C\c1ccc(-c2ccccc2)cc1)NC(=O)c1ccccc1. The summed E-state index contributed by atoms with van der Waals surface area (Å²) in [5.41, 5.74) is 2.70. The van der Waals surface area contributed by atoms with Crippen LogP contribution in [0.25, 0.3) is 17.2 Å². The van der Waals surface area contributed by atoms with Gasteiger partial charge < -0.3 is 16.0 Å². The Hall–Kier alpha value is -6.39. The molecule has 10 heteroatoms. The Bertz CT molecular complexity index is 2230. The lowest BCUT2D eigenvalue weighted by Gasteiger charge is -2.19. The van der Waals surface area contributed by atoms with Crippen LogP contribution >= 0.6 is 11.8 Å². The highest BCUT2D eigenvalue weighted by Gasteiger charge is 2.34. The highest BCUT2D eigenvalue weighted by atomic mass is 32.2. The quantitative estimate of drug-likeness (QED) is 0.0916. The van der Waals surface area contributed by atoms with E-state index < -0.39 is 34.7 Å². The Labute approximate surface area is 308 Å². The maximum absolute atomic E-state index is 13.8. The summed E-state index contributed by atoms with van der Waals surface area (Å²) in [4.78, 5) is 41.2. The molecule has 0 aromatic heterocycles. The van der Waals surface area contributed by atoms with Crippen molar-refractivity contribution in [2.75, 3.05) is 10.6 Å². The Morgan fingerprint density at radius 3 is 1.91 bits per heavy atom. The van der Waals surface area contributed by atoms with Crippen LogP contribution in [0, 0.1) is 0 Å². The number of rotatable bonds is 11. The largest absolute Gasteiger partial charge is 0.418 e. The van der Waals surface area contributed by atoms with Crippen molar-refractivity contribution in [1.82, 2.24) is 5.32 Å². The molecular formula is C43H32F3N3O3S. The second-order valence-corrected chi connectivity index (χ2v) is 13.0. The molecule has 0 fully saturated rings. The molecule has 0 aliphatic heterocycles. The Morgan fingerprint density at radius 1 is 0.623 bits per heavy atom. The van der Waals surface area contributed by atoms with Gasteiger partial charge in [-0.1, -0.05) is 121 Å². The van der Waals surface area contributed by atoms with E-state index in [0.717, 1.165) is 29.0 Å². The highest BCUT2D eigenvalue weighted by Crippen LogP contribution is 2.39. The van der Waals surface area contributed by atoms with E-state index in [2.05, 4.69) is 16.0 Å². The fourth-order valence-corrected chi connectivity index (χ4v) is 6.51. The highest BCUT2D eigenvalue weighted by molar-refractivity contribution is 8.00. The van der Waals surface area contributed by atoms with Crippen molar-refractivity contribution in [2.24, 2.45) is 0 Å². The van der Waals surface area contributed by atoms with Crippen LogP contribution in [0.5, 0.6) is 0 Å². The van der Waals surface area contributed by atoms with Crippen molar-refractivity contribution in [3.63, 3.8) is 0 Å². The molecule has 0 aliphatic carbocycles. The van der Waals surface area contributed by atoms with Gasteiger partial charge in [0.1, 0.15) is 10.9 Å². The first kappa shape index (κ1) is 36.4. The fraction of sp³-hybridized carbons (Fsp3) is 0.0465. The van der Waals surface area contributed by atoms with Crippen LogP contribution < -0.4 is 16.0 Å². The van der Waals surface area contributed by atoms with Gasteiger partial charge in [0.15, 0.2) is 0 Å². The van der Waals surface area contributed by atoms with Gasteiger partial charge in [-0.05, 0) is 70.8 Å². The zero-order valence-corrected chi connectivity index (χ0v) is 28.8. The van der Waals surface area contributed by atoms with Gasteiger partial charge in [0.05, 0.1) is 11.3 Å². The molecule has 0 saturated carbocycles. The van der Waals surface area contributed by atoms with E-state index in [0.29, 0.717) is 27.3 Å². The molecule has 3 amide bonds. The molecular weight excluding hydrogens is 696 g/mol. The monoisotopic (exact) mass is 727 g/mol. The molecule has 6 nitrogen and oxygen atoms in total. The summed E-state index contributed by atoms with van der Waals surface area (Å²) in [6.07, 6.45) is -3.08. The maximum Gasteiger partial charge on any atom is 0.418 e. The van der Waals surface area contributed by atoms with E-state index in [1.807, 2.05) is 54.6 Å². The summed E-state index contributed by atoms with van der Waals surface area (Å²) in [5.74, 6) is -1.72. The number of alkyl halides is 3. The Balaban J connectivity index is 1.25. The molecule has 3 N–H and O–H groups in total. The molecule has 0 radical (unpaired) electrons. The lowest BCUT2D eigenvalue weighted by Crippen LogP contribution is -2.30. The zero-order chi connectivity index (χ0) is 37.2. The average molecular weight is 728 g/mol. The summed E-state index contributed by atoms with van der Waals surface area (Å²) in [6, 6.07) is 46.1. The van der Waals surface area contributed by atoms with Gasteiger partial charge >= 0.3 is 6.18 Å². The maximum atomic E-state index is 13.8. The summed E-state index contributed by atoms with van der Waals surface area (Å²) < 4.78 is 41.1. The third-order valence-corrected chi connectivity index (χ3v) is 9.28. The number of hydrogen-bond acceptors (Lipinski definition) is 4. The van der Waals surface area contributed by atoms with Crippen LogP contribution in [0.3, 0.4) is 0 Å². The number of thioether (sulfide) groups is 1. The third-order valence-electron chi connectivity index (χ3n) is 8.03. The van der Waals surface area contributed by atoms with Gasteiger partial charge in [-0.15, -0.1) is 11.8 Å². The van der Waals surface area contributed by atoms with E-state index in [1.54, 1.807) is 91.0 Å². The van der Waals surface area contributed by atoms with Gasteiger partial charge in [-0.3, -0.25) is 14.4 Å². The first-order chi connectivity index (χ1) is 25.6. The molecule has 6 rings (SSSR count). The minimum absolute atomic E-state index is 0.00533. The number of amides is 3. The van der Waals surface area contributed by atoms with Gasteiger partial charge in [0.25, 0.3) is 11.8 Å². The van der Waals surface area contributed by atoms with E-state index in [4.69, 9.17) is 0 Å². The number of anilines is 2. The van der Waals surface area contributed by atoms with Gasteiger partial charge in [-0.25, -0.2) is 0 Å². The second kappa shape index (κ2) is 16.8. The number of halogens is 3. The van der Waals surface area contributed by atoms with Crippen LogP contribution in [0.4, 0.5) is 24.5 Å². The standard InChI is InChI=1S/C43H32F3N3O3S/c44-43(45,46)36-21-10-11-22-37(36)48-42(52)39(32-15-6-2-7-16-32)53-35-20-12-19-34(28-35)47-41(51)38(49-40(50)33-17-8-3-9-18-33)27-29-23-25-31(26-24-29)30-13-4-1-5-14-30/h1-28,39H,(H,47,51)(H,48,52)(H,49,50)/b38-27+. The van der Waals surface area contributed by atoms with Crippen LogP contribution in [-0.4, -0.2) is 17.7 Å². The number of para-hydroxylation sites is 1. The van der Waals surface area contributed by atoms with E-state index >= 15 is 0 Å². The number of nitrogens with one attached hydrogen (secondary N) is 3. The van der Waals surface area contributed by atoms with Crippen LogP contribution in [0.1, 0.15) is 32.3 Å². The van der Waals surface area contributed by atoms with Crippen molar-refractivity contribution in [2.45, 2.75) is 16.3 Å². The molecule has 0 saturated heterocycles. The van der Waals surface area contributed by atoms with Gasteiger partial charge in [-0.2, -0.15) is 13.2 Å². The Kier molecular flexibility index (Phi) is 11.5. The third kappa shape index (κ3) is 9.69. The van der Waals surface area contributed by atoms with Crippen LogP contribution in [0.15, 0.2) is 174 Å². The van der Waals surface area contributed by atoms with Crippen molar-refractivity contribution >= 4 is 46.9 Å². The summed E-state index contributed by atoms with van der Waals surface area (Å²) in [5, 5.41) is 7.11.